The molecule has 2 N–H and O–H groups in total. The molecule has 1 aliphatic carbocycles. The fourth-order valence-electron chi connectivity index (χ4n) is 2.70. The van der Waals surface area contributed by atoms with Crippen molar-refractivity contribution in [3.63, 3.8) is 0 Å². The third-order valence-electron chi connectivity index (χ3n) is 4.29. The summed E-state index contributed by atoms with van der Waals surface area (Å²) in [6, 6.07) is 15.5. The van der Waals surface area contributed by atoms with Crippen molar-refractivity contribution in [1.82, 2.24) is 5.32 Å². The van der Waals surface area contributed by atoms with Crippen LogP contribution in [0.15, 0.2) is 48.5 Å². The largest absolute Gasteiger partial charge is 0.508 e. The van der Waals surface area contributed by atoms with Crippen LogP contribution in [0.4, 0.5) is 0 Å². The zero-order valence-electron chi connectivity index (χ0n) is 12.1. The van der Waals surface area contributed by atoms with Gasteiger partial charge in [0.05, 0.1) is 6.04 Å². The highest BCUT2D eigenvalue weighted by atomic mass is 35.5. The zero-order valence-corrected chi connectivity index (χ0v) is 12.8. The lowest BCUT2D eigenvalue weighted by Crippen LogP contribution is -2.24. The molecule has 21 heavy (non-hydrogen) atoms. The second-order valence-corrected chi connectivity index (χ2v) is 6.39. The van der Waals surface area contributed by atoms with Gasteiger partial charge in [-0.05, 0) is 60.2 Å². The van der Waals surface area contributed by atoms with Crippen LogP contribution in [-0.4, -0.2) is 11.7 Å². The van der Waals surface area contributed by atoms with Gasteiger partial charge in [-0.1, -0.05) is 42.8 Å². The van der Waals surface area contributed by atoms with Crippen LogP contribution < -0.4 is 5.32 Å². The van der Waals surface area contributed by atoms with Crippen LogP contribution in [0.3, 0.4) is 0 Å². The lowest BCUT2D eigenvalue weighted by molar-refractivity contribution is 0.474. The van der Waals surface area contributed by atoms with Crippen LogP contribution in [0, 0.1) is 11.8 Å². The Morgan fingerprint density at radius 3 is 2.14 bits per heavy atom. The Hall–Kier alpha value is -1.51. The summed E-state index contributed by atoms with van der Waals surface area (Å²) in [4.78, 5) is 0. The molecule has 1 saturated carbocycles. The van der Waals surface area contributed by atoms with Gasteiger partial charge in [-0.2, -0.15) is 0 Å². The maximum Gasteiger partial charge on any atom is 0.115 e. The van der Waals surface area contributed by atoms with Gasteiger partial charge < -0.3 is 10.4 Å². The Morgan fingerprint density at radius 2 is 1.62 bits per heavy atom. The lowest BCUT2D eigenvalue weighted by atomic mass is 9.98. The number of hydrogen-bond acceptors (Lipinski definition) is 2. The number of phenolic OH excluding ortho intramolecular Hbond substituents is 1. The Labute approximate surface area is 130 Å². The molecule has 1 aliphatic rings. The number of phenols is 1. The van der Waals surface area contributed by atoms with E-state index in [1.165, 1.54) is 12.0 Å². The summed E-state index contributed by atoms with van der Waals surface area (Å²) in [5.41, 5.74) is 2.35. The summed E-state index contributed by atoms with van der Waals surface area (Å²) in [5.74, 6) is 1.92. The van der Waals surface area contributed by atoms with Crippen LogP contribution in [-0.2, 0) is 0 Å². The van der Waals surface area contributed by atoms with Crippen molar-refractivity contribution in [2.45, 2.75) is 19.4 Å². The van der Waals surface area contributed by atoms with Gasteiger partial charge in [0, 0.05) is 5.02 Å². The van der Waals surface area contributed by atoms with Gasteiger partial charge in [-0.3, -0.25) is 0 Å². The molecule has 0 spiro atoms. The fraction of sp³-hybridized carbons (Fsp3) is 0.333. The van der Waals surface area contributed by atoms with Gasteiger partial charge in [-0.25, -0.2) is 0 Å². The number of rotatable bonds is 5. The zero-order chi connectivity index (χ0) is 14.8. The van der Waals surface area contributed by atoms with E-state index in [4.69, 9.17) is 11.6 Å². The Morgan fingerprint density at radius 1 is 1.10 bits per heavy atom. The molecule has 3 heteroatoms. The third kappa shape index (κ3) is 3.58. The van der Waals surface area contributed by atoms with E-state index in [0.29, 0.717) is 5.75 Å². The molecule has 0 amide bonds. The molecule has 3 rings (SSSR count). The molecule has 2 aromatic rings. The van der Waals surface area contributed by atoms with E-state index in [1.807, 2.05) is 24.3 Å². The van der Waals surface area contributed by atoms with Gasteiger partial charge in [-0.15, -0.1) is 0 Å². The molecule has 0 radical (unpaired) electrons. The molecule has 2 aromatic carbocycles. The summed E-state index contributed by atoms with van der Waals surface area (Å²) in [6.45, 7) is 3.32. The summed E-state index contributed by atoms with van der Waals surface area (Å²) >= 11 is 5.99. The van der Waals surface area contributed by atoms with E-state index in [9.17, 15) is 5.11 Å². The molecule has 110 valence electrons. The minimum absolute atomic E-state index is 0.135. The topological polar surface area (TPSA) is 32.3 Å². The Kier molecular flexibility index (Phi) is 4.18. The maximum atomic E-state index is 9.47. The quantitative estimate of drug-likeness (QED) is 0.859. The Bertz CT molecular complexity index is 548. The highest BCUT2D eigenvalue weighted by Crippen LogP contribution is 2.37. The minimum Gasteiger partial charge on any atom is -0.508 e. The molecule has 3 unspecified atom stereocenters. The maximum absolute atomic E-state index is 9.47. The third-order valence-corrected chi connectivity index (χ3v) is 4.54. The van der Waals surface area contributed by atoms with Crippen LogP contribution in [0.1, 0.15) is 30.5 Å². The summed E-state index contributed by atoms with van der Waals surface area (Å²) < 4.78 is 0. The molecule has 0 aromatic heterocycles. The summed E-state index contributed by atoms with van der Waals surface area (Å²) in [5, 5.41) is 13.9. The minimum atomic E-state index is 0.135. The van der Waals surface area contributed by atoms with Crippen LogP contribution in [0.25, 0.3) is 0 Å². The monoisotopic (exact) mass is 301 g/mol. The van der Waals surface area contributed by atoms with E-state index in [1.54, 1.807) is 12.1 Å². The highest BCUT2D eigenvalue weighted by molar-refractivity contribution is 6.30. The normalized spacial score (nSPS) is 22.0. The van der Waals surface area contributed by atoms with Gasteiger partial charge in [0.2, 0.25) is 0 Å². The van der Waals surface area contributed by atoms with Crippen LogP contribution in [0.2, 0.25) is 5.02 Å². The van der Waals surface area contributed by atoms with Crippen molar-refractivity contribution in [2.75, 3.05) is 6.54 Å². The first kappa shape index (κ1) is 14.4. The predicted octanol–water partition coefficient (Wildman–Crippen LogP) is 4.38. The van der Waals surface area contributed by atoms with Gasteiger partial charge >= 0.3 is 0 Å². The molecular formula is C18H20ClNO. The van der Waals surface area contributed by atoms with Gasteiger partial charge in [0.25, 0.3) is 0 Å². The van der Waals surface area contributed by atoms with Crippen LogP contribution >= 0.6 is 11.6 Å². The number of hydrogen-bond donors (Lipinski definition) is 2. The molecule has 0 saturated heterocycles. The first-order valence-corrected chi connectivity index (χ1v) is 7.79. The average molecular weight is 302 g/mol. The van der Waals surface area contributed by atoms with E-state index in [0.717, 1.165) is 29.0 Å². The van der Waals surface area contributed by atoms with Gasteiger partial charge in [0.1, 0.15) is 5.75 Å². The standard InChI is InChI=1S/C18H20ClNO/c1-12-10-15(12)11-20-18(13-2-6-16(19)7-3-13)14-4-8-17(21)9-5-14/h2-9,12,15,18,20-21H,10-11H2,1H3. The van der Waals surface area contributed by atoms with Crippen molar-refractivity contribution in [3.8, 4) is 5.75 Å². The average Bonchev–Trinajstić information content (AvgIpc) is 3.18. The second-order valence-electron chi connectivity index (χ2n) is 5.96. The molecule has 0 bridgehead atoms. The number of aromatic hydroxyl groups is 1. The van der Waals surface area contributed by atoms with Crippen molar-refractivity contribution in [1.29, 1.82) is 0 Å². The number of nitrogens with one attached hydrogen (secondary N) is 1. The van der Waals surface area contributed by atoms with E-state index >= 15 is 0 Å². The van der Waals surface area contributed by atoms with Crippen molar-refractivity contribution in [3.05, 3.63) is 64.7 Å². The molecule has 0 aliphatic heterocycles. The van der Waals surface area contributed by atoms with E-state index in [2.05, 4.69) is 24.4 Å². The first-order chi connectivity index (χ1) is 10.1. The number of halogens is 1. The van der Waals surface area contributed by atoms with Crippen LogP contribution in [0.5, 0.6) is 5.75 Å². The van der Waals surface area contributed by atoms with E-state index in [-0.39, 0.29) is 6.04 Å². The number of benzene rings is 2. The molecule has 0 heterocycles. The summed E-state index contributed by atoms with van der Waals surface area (Å²) in [7, 11) is 0. The Balaban J connectivity index is 1.82. The second kappa shape index (κ2) is 6.08. The van der Waals surface area contributed by atoms with Crippen molar-refractivity contribution < 1.29 is 5.11 Å². The molecule has 2 nitrogen and oxygen atoms in total. The lowest BCUT2D eigenvalue weighted by Gasteiger charge is -2.20. The van der Waals surface area contributed by atoms with Crippen molar-refractivity contribution >= 4 is 11.6 Å². The van der Waals surface area contributed by atoms with Gasteiger partial charge in [0.15, 0.2) is 0 Å². The SMILES string of the molecule is CC1CC1CNC(c1ccc(O)cc1)c1ccc(Cl)cc1. The van der Waals surface area contributed by atoms with Crippen molar-refractivity contribution in [2.24, 2.45) is 11.8 Å². The molecule has 3 atom stereocenters. The molecule has 1 fully saturated rings. The molecular weight excluding hydrogens is 282 g/mol. The predicted molar refractivity (Wildman–Crippen MR) is 86.7 cm³/mol. The first-order valence-electron chi connectivity index (χ1n) is 7.41. The smallest absolute Gasteiger partial charge is 0.115 e. The highest BCUT2D eigenvalue weighted by Gasteiger charge is 2.32. The van der Waals surface area contributed by atoms with E-state index < -0.39 is 0 Å². The fourth-order valence-corrected chi connectivity index (χ4v) is 2.83. The summed E-state index contributed by atoms with van der Waals surface area (Å²) in [6.07, 6.45) is 1.32.